The van der Waals surface area contributed by atoms with Gasteiger partial charge in [-0.2, -0.15) is 0 Å². The van der Waals surface area contributed by atoms with Gasteiger partial charge >= 0.3 is 0 Å². The van der Waals surface area contributed by atoms with Crippen molar-refractivity contribution in [1.29, 1.82) is 0 Å². The standard InChI is InChI=1S/C30H35FO2/c1-3-4-8-21-33-23(2)9-6-5-7-10-24-11-13-25(14-12-24)26-15-17-27(18-16-26)28-19-20-30(32)29(31)22-28/h7,10-20,22-23,32H,3-6,8-9,21H2,1-2H3. The van der Waals surface area contributed by atoms with Crippen LogP contribution < -0.4 is 0 Å². The first-order chi connectivity index (χ1) is 16.1. The Labute approximate surface area is 197 Å². The van der Waals surface area contributed by atoms with Gasteiger partial charge in [-0.3, -0.25) is 0 Å². The molecule has 0 aliphatic rings. The van der Waals surface area contributed by atoms with Crippen LogP contribution in [0.2, 0.25) is 0 Å². The monoisotopic (exact) mass is 446 g/mol. The Balaban J connectivity index is 1.47. The molecule has 1 N–H and O–H groups in total. The number of unbranched alkanes of at least 4 members (excludes halogenated alkanes) is 3. The molecule has 0 amide bonds. The highest BCUT2D eigenvalue weighted by Gasteiger charge is 2.05. The lowest BCUT2D eigenvalue weighted by molar-refractivity contribution is 0.0566. The van der Waals surface area contributed by atoms with Crippen LogP contribution in [0.15, 0.2) is 72.8 Å². The molecular weight excluding hydrogens is 411 g/mol. The molecule has 0 saturated heterocycles. The van der Waals surface area contributed by atoms with E-state index < -0.39 is 5.82 Å². The number of phenolic OH excluding ortho intramolecular Hbond substituents is 1. The normalized spacial score (nSPS) is 12.3. The Kier molecular flexibility index (Phi) is 9.71. The largest absolute Gasteiger partial charge is 0.505 e. The third-order valence-electron chi connectivity index (χ3n) is 5.85. The first-order valence-electron chi connectivity index (χ1n) is 12.0. The zero-order valence-electron chi connectivity index (χ0n) is 19.8. The van der Waals surface area contributed by atoms with E-state index in [9.17, 15) is 9.50 Å². The second-order valence-corrected chi connectivity index (χ2v) is 8.59. The minimum Gasteiger partial charge on any atom is -0.505 e. The van der Waals surface area contributed by atoms with Crippen molar-refractivity contribution >= 4 is 6.08 Å². The van der Waals surface area contributed by atoms with Crippen LogP contribution in [0.25, 0.3) is 28.3 Å². The molecule has 0 fully saturated rings. The SMILES string of the molecule is CCCCCOC(C)CCCC=Cc1ccc(-c2ccc(-c3ccc(O)c(F)c3)cc2)cc1. The fourth-order valence-electron chi connectivity index (χ4n) is 3.79. The lowest BCUT2D eigenvalue weighted by Crippen LogP contribution is -2.08. The Morgan fingerprint density at radius 1 is 0.848 bits per heavy atom. The number of rotatable bonds is 12. The lowest BCUT2D eigenvalue weighted by Gasteiger charge is -2.12. The van der Waals surface area contributed by atoms with Gasteiger partial charge in [0.1, 0.15) is 0 Å². The van der Waals surface area contributed by atoms with E-state index in [4.69, 9.17) is 4.74 Å². The molecule has 1 unspecified atom stereocenters. The summed E-state index contributed by atoms with van der Waals surface area (Å²) in [5.41, 5.74) is 5.11. The summed E-state index contributed by atoms with van der Waals surface area (Å²) in [4.78, 5) is 0. The van der Waals surface area contributed by atoms with Crippen molar-refractivity contribution in [3.05, 3.63) is 84.2 Å². The molecule has 1 atom stereocenters. The van der Waals surface area contributed by atoms with Crippen LogP contribution in [0.4, 0.5) is 4.39 Å². The molecule has 0 spiro atoms. The number of phenols is 1. The van der Waals surface area contributed by atoms with Crippen LogP contribution in [0.1, 0.15) is 57.9 Å². The summed E-state index contributed by atoms with van der Waals surface area (Å²) in [5, 5.41) is 9.37. The third kappa shape index (κ3) is 7.87. The number of aromatic hydroxyl groups is 1. The zero-order chi connectivity index (χ0) is 23.5. The molecule has 0 heterocycles. The maximum Gasteiger partial charge on any atom is 0.165 e. The molecule has 2 nitrogen and oxygen atoms in total. The summed E-state index contributed by atoms with van der Waals surface area (Å²) in [6.07, 6.45) is 11.7. The first kappa shape index (κ1) is 24.7. The minimum absolute atomic E-state index is 0.328. The summed E-state index contributed by atoms with van der Waals surface area (Å²) in [7, 11) is 0. The Morgan fingerprint density at radius 3 is 2.09 bits per heavy atom. The number of hydrogen-bond donors (Lipinski definition) is 1. The molecule has 0 bridgehead atoms. The van der Waals surface area contributed by atoms with E-state index >= 15 is 0 Å². The van der Waals surface area contributed by atoms with Gasteiger partial charge in [-0.1, -0.05) is 86.5 Å². The van der Waals surface area contributed by atoms with Crippen molar-refractivity contribution in [3.63, 3.8) is 0 Å². The zero-order valence-corrected chi connectivity index (χ0v) is 19.8. The topological polar surface area (TPSA) is 29.5 Å². The van der Waals surface area contributed by atoms with Crippen LogP contribution in [0, 0.1) is 5.82 Å². The number of hydrogen-bond acceptors (Lipinski definition) is 2. The van der Waals surface area contributed by atoms with Crippen molar-refractivity contribution in [2.24, 2.45) is 0 Å². The Hall–Kier alpha value is -2.91. The highest BCUT2D eigenvalue weighted by molar-refractivity contribution is 5.71. The van der Waals surface area contributed by atoms with Gasteiger partial charge in [-0.15, -0.1) is 0 Å². The van der Waals surface area contributed by atoms with Crippen LogP contribution in [0.5, 0.6) is 5.75 Å². The van der Waals surface area contributed by atoms with Crippen molar-refractivity contribution in [2.45, 2.75) is 58.5 Å². The summed E-state index contributed by atoms with van der Waals surface area (Å²) < 4.78 is 19.5. The Morgan fingerprint density at radius 2 is 1.45 bits per heavy atom. The maximum atomic E-state index is 13.6. The van der Waals surface area contributed by atoms with E-state index in [-0.39, 0.29) is 5.75 Å². The fourth-order valence-corrected chi connectivity index (χ4v) is 3.79. The van der Waals surface area contributed by atoms with Crippen LogP contribution in [-0.4, -0.2) is 17.8 Å². The van der Waals surface area contributed by atoms with Crippen molar-refractivity contribution < 1.29 is 14.2 Å². The number of benzene rings is 3. The van der Waals surface area contributed by atoms with E-state index in [1.165, 1.54) is 37.0 Å². The van der Waals surface area contributed by atoms with E-state index in [2.05, 4.69) is 50.3 Å². The maximum absolute atomic E-state index is 13.6. The molecule has 3 aromatic rings. The molecule has 3 aromatic carbocycles. The molecule has 33 heavy (non-hydrogen) atoms. The predicted molar refractivity (Wildman–Crippen MR) is 137 cm³/mol. The van der Waals surface area contributed by atoms with E-state index in [0.717, 1.165) is 48.1 Å². The van der Waals surface area contributed by atoms with Gasteiger partial charge in [0, 0.05) is 6.61 Å². The molecule has 0 saturated carbocycles. The van der Waals surface area contributed by atoms with Gasteiger partial charge in [0.05, 0.1) is 6.10 Å². The fraction of sp³-hybridized carbons (Fsp3) is 0.333. The van der Waals surface area contributed by atoms with Gasteiger partial charge in [0.2, 0.25) is 0 Å². The van der Waals surface area contributed by atoms with Gasteiger partial charge in [0.25, 0.3) is 0 Å². The third-order valence-corrected chi connectivity index (χ3v) is 5.85. The smallest absolute Gasteiger partial charge is 0.165 e. The predicted octanol–water partition coefficient (Wildman–Crippen LogP) is 8.64. The van der Waals surface area contributed by atoms with Gasteiger partial charge < -0.3 is 9.84 Å². The summed E-state index contributed by atoms with van der Waals surface area (Å²) >= 11 is 0. The Bertz CT molecular complexity index is 1010. The second kappa shape index (κ2) is 13.0. The summed E-state index contributed by atoms with van der Waals surface area (Å²) in [5.74, 6) is -0.934. The molecule has 0 aliphatic carbocycles. The quantitative estimate of drug-likeness (QED) is 0.282. The molecule has 3 heteroatoms. The van der Waals surface area contributed by atoms with Crippen molar-refractivity contribution in [2.75, 3.05) is 6.61 Å². The summed E-state index contributed by atoms with van der Waals surface area (Å²) in [6, 6.07) is 21.0. The highest BCUT2D eigenvalue weighted by atomic mass is 19.1. The highest BCUT2D eigenvalue weighted by Crippen LogP contribution is 2.28. The number of allylic oxidation sites excluding steroid dienone is 1. The van der Waals surface area contributed by atoms with Gasteiger partial charge in [-0.25, -0.2) is 4.39 Å². The van der Waals surface area contributed by atoms with E-state index in [1.54, 1.807) is 6.07 Å². The van der Waals surface area contributed by atoms with Gasteiger partial charge in [0.15, 0.2) is 11.6 Å². The number of halogens is 1. The molecule has 0 aromatic heterocycles. The van der Waals surface area contributed by atoms with E-state index in [0.29, 0.717) is 6.10 Å². The van der Waals surface area contributed by atoms with Crippen LogP contribution in [0.3, 0.4) is 0 Å². The molecule has 3 rings (SSSR count). The van der Waals surface area contributed by atoms with Crippen LogP contribution >= 0.6 is 0 Å². The minimum atomic E-state index is -0.606. The van der Waals surface area contributed by atoms with E-state index in [1.807, 2.05) is 24.3 Å². The molecule has 174 valence electrons. The number of ether oxygens (including phenoxy) is 1. The molecular formula is C30H35FO2. The average Bonchev–Trinajstić information content (AvgIpc) is 2.84. The van der Waals surface area contributed by atoms with Crippen molar-refractivity contribution in [1.82, 2.24) is 0 Å². The first-order valence-corrected chi connectivity index (χ1v) is 12.0. The molecule has 0 radical (unpaired) electrons. The van der Waals surface area contributed by atoms with Crippen molar-refractivity contribution in [3.8, 4) is 28.0 Å². The second-order valence-electron chi connectivity index (χ2n) is 8.59. The lowest BCUT2D eigenvalue weighted by atomic mass is 9.99. The summed E-state index contributed by atoms with van der Waals surface area (Å²) in [6.45, 7) is 5.27. The average molecular weight is 447 g/mol. The van der Waals surface area contributed by atoms with Gasteiger partial charge in [-0.05, 0) is 72.6 Å². The molecule has 0 aliphatic heterocycles. The van der Waals surface area contributed by atoms with Crippen LogP contribution in [-0.2, 0) is 4.74 Å².